The fourth-order valence-electron chi connectivity index (χ4n) is 4.26. The number of oxime groups is 1. The molecule has 0 bridgehead atoms. The Bertz CT molecular complexity index is 990. The minimum Gasteiger partial charge on any atom is -0.492 e. The first-order chi connectivity index (χ1) is 14.2. The van der Waals surface area contributed by atoms with E-state index in [1.54, 1.807) is 7.11 Å². The zero-order chi connectivity index (χ0) is 20.0. The van der Waals surface area contributed by atoms with Crippen LogP contribution in [-0.2, 0) is 6.42 Å². The van der Waals surface area contributed by atoms with Crippen LogP contribution in [-0.4, -0.2) is 50.1 Å². The fourth-order valence-corrected chi connectivity index (χ4v) is 4.26. The van der Waals surface area contributed by atoms with Crippen molar-refractivity contribution in [1.29, 1.82) is 0 Å². The van der Waals surface area contributed by atoms with Crippen molar-refractivity contribution in [3.05, 3.63) is 41.0 Å². The van der Waals surface area contributed by atoms with E-state index >= 15 is 0 Å². The molecule has 0 fully saturated rings. The third-order valence-electron chi connectivity index (χ3n) is 5.76. The second-order valence-electron chi connectivity index (χ2n) is 7.28. The molecule has 8 heteroatoms. The number of methoxy groups -OCH3 is 1. The van der Waals surface area contributed by atoms with E-state index in [9.17, 15) is 5.21 Å². The summed E-state index contributed by atoms with van der Waals surface area (Å²) in [5.74, 6) is 3.39. The standard InChI is InChI=1S/C21H22N2O6/c1-23-6-5-13-8-18-20(29-11-28-18)21(25-2)19(13)15(23)9-14(22-24)12-3-4-16-17(7-12)27-10-26-16/h3-4,7-8,15,24H,5-6,9-11H2,1-2H3. The molecule has 3 aliphatic heterocycles. The molecule has 3 aliphatic rings. The number of benzene rings is 2. The van der Waals surface area contributed by atoms with E-state index in [2.05, 4.69) is 17.1 Å². The first-order valence-corrected chi connectivity index (χ1v) is 9.50. The highest BCUT2D eigenvalue weighted by Crippen LogP contribution is 2.50. The van der Waals surface area contributed by atoms with Gasteiger partial charge in [-0.1, -0.05) is 5.16 Å². The van der Waals surface area contributed by atoms with Crippen molar-refractivity contribution in [3.63, 3.8) is 0 Å². The highest BCUT2D eigenvalue weighted by Gasteiger charge is 2.35. The van der Waals surface area contributed by atoms with Gasteiger partial charge in [-0.3, -0.25) is 4.90 Å². The molecule has 152 valence electrons. The van der Waals surface area contributed by atoms with Crippen molar-refractivity contribution in [2.45, 2.75) is 18.9 Å². The van der Waals surface area contributed by atoms with Gasteiger partial charge in [-0.25, -0.2) is 0 Å². The van der Waals surface area contributed by atoms with Crippen LogP contribution in [0.2, 0.25) is 0 Å². The van der Waals surface area contributed by atoms with E-state index in [1.165, 1.54) is 0 Å². The van der Waals surface area contributed by atoms with Gasteiger partial charge in [0.2, 0.25) is 19.3 Å². The van der Waals surface area contributed by atoms with Gasteiger partial charge in [0, 0.05) is 30.1 Å². The molecule has 2 aromatic carbocycles. The molecular weight excluding hydrogens is 376 g/mol. The van der Waals surface area contributed by atoms with Gasteiger partial charge in [-0.15, -0.1) is 0 Å². The van der Waals surface area contributed by atoms with Crippen molar-refractivity contribution in [2.24, 2.45) is 5.16 Å². The average Bonchev–Trinajstić information content (AvgIpc) is 3.40. The number of hydrogen-bond acceptors (Lipinski definition) is 8. The lowest BCUT2D eigenvalue weighted by Crippen LogP contribution is -2.34. The number of ether oxygens (including phenoxy) is 5. The second-order valence-corrected chi connectivity index (χ2v) is 7.28. The fraction of sp³-hybridized carbons (Fsp3) is 0.381. The molecule has 0 spiro atoms. The lowest BCUT2D eigenvalue weighted by atomic mass is 9.87. The van der Waals surface area contributed by atoms with Crippen molar-refractivity contribution in [1.82, 2.24) is 4.90 Å². The number of likely N-dealkylation sites (N-methyl/N-ethyl adjacent to an activating group) is 1. The third-order valence-corrected chi connectivity index (χ3v) is 5.76. The molecule has 1 unspecified atom stereocenters. The summed E-state index contributed by atoms with van der Waals surface area (Å²) in [5, 5.41) is 13.4. The maximum absolute atomic E-state index is 9.80. The van der Waals surface area contributed by atoms with Crippen LogP contribution in [0.25, 0.3) is 0 Å². The minimum atomic E-state index is -0.0421. The molecule has 0 saturated heterocycles. The third kappa shape index (κ3) is 2.91. The topological polar surface area (TPSA) is 82.0 Å². The van der Waals surface area contributed by atoms with Gasteiger partial charge in [0.25, 0.3) is 0 Å². The molecular formula is C21H22N2O6. The van der Waals surface area contributed by atoms with Crippen LogP contribution in [0.15, 0.2) is 29.4 Å². The van der Waals surface area contributed by atoms with E-state index in [0.717, 1.165) is 35.4 Å². The summed E-state index contributed by atoms with van der Waals surface area (Å²) in [7, 11) is 3.70. The Labute approximate surface area is 168 Å². The van der Waals surface area contributed by atoms with Crippen molar-refractivity contribution >= 4 is 5.71 Å². The van der Waals surface area contributed by atoms with Gasteiger partial charge < -0.3 is 28.9 Å². The highest BCUT2D eigenvalue weighted by molar-refractivity contribution is 6.01. The minimum absolute atomic E-state index is 0.0421. The molecule has 0 amide bonds. The summed E-state index contributed by atoms with van der Waals surface area (Å²) in [6.45, 7) is 1.27. The Kier molecular flexibility index (Phi) is 4.35. The van der Waals surface area contributed by atoms with E-state index < -0.39 is 0 Å². The zero-order valence-corrected chi connectivity index (χ0v) is 16.3. The van der Waals surface area contributed by atoms with Crippen LogP contribution in [0.5, 0.6) is 28.7 Å². The lowest BCUT2D eigenvalue weighted by Gasteiger charge is -2.36. The van der Waals surface area contributed by atoms with Crippen LogP contribution in [0, 0.1) is 0 Å². The SMILES string of the molecule is COc1c2c(cc3c1C(CC(=NO)c1ccc4c(c1)OCO4)N(C)CC3)OCO2. The summed E-state index contributed by atoms with van der Waals surface area (Å²) in [4.78, 5) is 2.24. The summed E-state index contributed by atoms with van der Waals surface area (Å²) in [6, 6.07) is 7.55. The molecule has 0 aliphatic carbocycles. The predicted octanol–water partition coefficient (Wildman–Crippen LogP) is 2.95. The molecule has 8 nitrogen and oxygen atoms in total. The Balaban J connectivity index is 1.53. The van der Waals surface area contributed by atoms with Gasteiger partial charge >= 0.3 is 0 Å². The first kappa shape index (κ1) is 17.9. The molecule has 5 rings (SSSR count). The number of rotatable bonds is 4. The number of hydrogen-bond donors (Lipinski definition) is 1. The summed E-state index contributed by atoms with van der Waals surface area (Å²) in [6.07, 6.45) is 1.38. The Morgan fingerprint density at radius 3 is 2.76 bits per heavy atom. The van der Waals surface area contributed by atoms with Crippen LogP contribution in [0.1, 0.15) is 29.2 Å². The van der Waals surface area contributed by atoms with E-state index in [4.69, 9.17) is 23.7 Å². The second kappa shape index (κ2) is 7.04. The largest absolute Gasteiger partial charge is 0.492 e. The molecule has 0 aromatic heterocycles. The summed E-state index contributed by atoms with van der Waals surface area (Å²) in [5.41, 5.74) is 3.56. The predicted molar refractivity (Wildman–Crippen MR) is 104 cm³/mol. The highest BCUT2D eigenvalue weighted by atomic mass is 16.7. The smallest absolute Gasteiger partial charge is 0.231 e. The van der Waals surface area contributed by atoms with Crippen LogP contribution in [0.4, 0.5) is 0 Å². The van der Waals surface area contributed by atoms with E-state index in [-0.39, 0.29) is 19.6 Å². The maximum Gasteiger partial charge on any atom is 0.231 e. The monoisotopic (exact) mass is 398 g/mol. The van der Waals surface area contributed by atoms with Gasteiger partial charge in [0.15, 0.2) is 23.0 Å². The normalized spacial score (nSPS) is 19.9. The van der Waals surface area contributed by atoms with Gasteiger partial charge in [-0.2, -0.15) is 0 Å². The molecule has 0 saturated carbocycles. The molecule has 1 atom stereocenters. The Morgan fingerprint density at radius 1 is 1.14 bits per heavy atom. The first-order valence-electron chi connectivity index (χ1n) is 9.50. The van der Waals surface area contributed by atoms with E-state index in [0.29, 0.717) is 35.1 Å². The summed E-state index contributed by atoms with van der Waals surface area (Å²) < 4.78 is 27.8. The Hall–Kier alpha value is -3.13. The number of fused-ring (bicyclic) bond motifs is 3. The maximum atomic E-state index is 9.80. The lowest BCUT2D eigenvalue weighted by molar-refractivity contribution is 0.170. The molecule has 1 N–H and O–H groups in total. The van der Waals surface area contributed by atoms with Gasteiger partial charge in [0.05, 0.1) is 12.8 Å². The van der Waals surface area contributed by atoms with E-state index in [1.807, 2.05) is 24.3 Å². The number of nitrogens with zero attached hydrogens (tertiary/aromatic N) is 2. The Morgan fingerprint density at radius 2 is 1.93 bits per heavy atom. The zero-order valence-electron chi connectivity index (χ0n) is 16.3. The van der Waals surface area contributed by atoms with Gasteiger partial charge in [0.1, 0.15) is 0 Å². The molecule has 2 aromatic rings. The van der Waals surface area contributed by atoms with Crippen LogP contribution in [0.3, 0.4) is 0 Å². The summed E-state index contributed by atoms with van der Waals surface area (Å²) >= 11 is 0. The molecule has 0 radical (unpaired) electrons. The quantitative estimate of drug-likeness (QED) is 0.482. The molecule has 29 heavy (non-hydrogen) atoms. The molecule has 3 heterocycles. The van der Waals surface area contributed by atoms with Gasteiger partial charge in [-0.05, 0) is 43.3 Å². The van der Waals surface area contributed by atoms with Crippen molar-refractivity contribution < 1.29 is 28.9 Å². The van der Waals surface area contributed by atoms with Crippen LogP contribution >= 0.6 is 0 Å². The van der Waals surface area contributed by atoms with Crippen molar-refractivity contribution in [2.75, 3.05) is 34.3 Å². The van der Waals surface area contributed by atoms with Crippen LogP contribution < -0.4 is 23.7 Å². The van der Waals surface area contributed by atoms with Crippen molar-refractivity contribution in [3.8, 4) is 28.7 Å². The average molecular weight is 398 g/mol.